The molecule has 3 aromatic heterocycles. The largest absolute Gasteiger partial charge is 0.357 e. The number of anilines is 1. The van der Waals surface area contributed by atoms with E-state index >= 15 is 0 Å². The number of aliphatic imine (C=N–C) groups is 1. The summed E-state index contributed by atoms with van der Waals surface area (Å²) in [5.74, 6) is 2.63. The van der Waals surface area contributed by atoms with Crippen LogP contribution in [-0.2, 0) is 13.1 Å². The lowest BCUT2D eigenvalue weighted by molar-refractivity contribution is 0.312. The summed E-state index contributed by atoms with van der Waals surface area (Å²) in [5.41, 5.74) is 1.98. The Kier molecular flexibility index (Phi) is 6.38. The standard InChI is InChI=1S/C21H29N9/c1-3-22-21(25-16-20-27-26-18-6-4-5-9-30(18)20)24-15-17-7-8-23-19(14-17)29-12-10-28(2)11-13-29/h4-9,14H,3,10-13,15-16H2,1-2H3,(H2,22,24,25). The molecule has 2 N–H and O–H groups in total. The Balaban J connectivity index is 1.40. The molecule has 1 fully saturated rings. The molecule has 0 unspecified atom stereocenters. The van der Waals surface area contributed by atoms with Crippen molar-refractivity contribution in [3.8, 4) is 0 Å². The van der Waals surface area contributed by atoms with Crippen molar-refractivity contribution in [1.29, 1.82) is 0 Å². The number of aromatic nitrogens is 4. The summed E-state index contributed by atoms with van der Waals surface area (Å²) in [4.78, 5) is 14.0. The van der Waals surface area contributed by atoms with Gasteiger partial charge in [0.25, 0.3) is 0 Å². The number of hydrogen-bond donors (Lipinski definition) is 2. The van der Waals surface area contributed by atoms with E-state index in [0.29, 0.717) is 13.1 Å². The maximum Gasteiger partial charge on any atom is 0.191 e. The number of likely N-dealkylation sites (N-methyl/N-ethyl adjacent to an activating group) is 1. The fourth-order valence-corrected chi connectivity index (χ4v) is 3.45. The molecular formula is C21H29N9. The molecule has 1 saturated heterocycles. The van der Waals surface area contributed by atoms with Crippen LogP contribution in [0.4, 0.5) is 5.82 Å². The molecule has 0 spiro atoms. The molecule has 0 atom stereocenters. The van der Waals surface area contributed by atoms with Gasteiger partial charge in [0.15, 0.2) is 17.4 Å². The van der Waals surface area contributed by atoms with Gasteiger partial charge >= 0.3 is 0 Å². The highest BCUT2D eigenvalue weighted by atomic mass is 15.3. The number of rotatable bonds is 6. The zero-order chi connectivity index (χ0) is 20.8. The molecule has 3 aromatic rings. The highest BCUT2D eigenvalue weighted by Gasteiger charge is 2.15. The summed E-state index contributed by atoms with van der Waals surface area (Å²) in [6.45, 7) is 8.11. The molecule has 9 heteroatoms. The summed E-state index contributed by atoms with van der Waals surface area (Å²) in [7, 11) is 2.16. The third-order valence-electron chi connectivity index (χ3n) is 5.20. The van der Waals surface area contributed by atoms with E-state index < -0.39 is 0 Å². The first-order valence-electron chi connectivity index (χ1n) is 10.4. The average molecular weight is 408 g/mol. The molecule has 4 heterocycles. The minimum Gasteiger partial charge on any atom is -0.357 e. The van der Waals surface area contributed by atoms with Crippen LogP contribution in [0.2, 0.25) is 0 Å². The lowest BCUT2D eigenvalue weighted by atomic mass is 10.2. The molecule has 9 nitrogen and oxygen atoms in total. The van der Waals surface area contributed by atoms with Gasteiger partial charge in [-0.15, -0.1) is 10.2 Å². The normalized spacial score (nSPS) is 15.5. The second-order valence-electron chi connectivity index (χ2n) is 7.41. The van der Waals surface area contributed by atoms with Crippen LogP contribution >= 0.6 is 0 Å². The van der Waals surface area contributed by atoms with E-state index in [1.807, 2.05) is 41.1 Å². The van der Waals surface area contributed by atoms with Crippen LogP contribution in [0.25, 0.3) is 5.65 Å². The molecule has 1 aliphatic rings. The van der Waals surface area contributed by atoms with Gasteiger partial charge in [0.2, 0.25) is 0 Å². The molecule has 158 valence electrons. The number of hydrogen-bond acceptors (Lipinski definition) is 6. The van der Waals surface area contributed by atoms with Gasteiger partial charge < -0.3 is 20.4 Å². The van der Waals surface area contributed by atoms with Gasteiger partial charge in [-0.1, -0.05) is 6.07 Å². The molecule has 1 aliphatic heterocycles. The van der Waals surface area contributed by atoms with Gasteiger partial charge in [-0.2, -0.15) is 0 Å². The van der Waals surface area contributed by atoms with Crippen LogP contribution in [0.5, 0.6) is 0 Å². The zero-order valence-corrected chi connectivity index (χ0v) is 17.6. The van der Waals surface area contributed by atoms with Gasteiger partial charge in [-0.05, 0) is 43.8 Å². The first-order valence-corrected chi connectivity index (χ1v) is 10.4. The quantitative estimate of drug-likeness (QED) is 0.468. The van der Waals surface area contributed by atoms with Crippen LogP contribution in [0.15, 0.2) is 47.7 Å². The Labute approximate surface area is 176 Å². The molecule has 0 saturated carbocycles. The lowest BCUT2D eigenvalue weighted by Gasteiger charge is -2.33. The predicted octanol–water partition coefficient (Wildman–Crippen LogP) is 1.13. The highest BCUT2D eigenvalue weighted by Crippen LogP contribution is 2.15. The maximum absolute atomic E-state index is 4.74. The molecule has 0 bridgehead atoms. The monoisotopic (exact) mass is 407 g/mol. The Morgan fingerprint density at radius 3 is 2.80 bits per heavy atom. The van der Waals surface area contributed by atoms with E-state index in [1.165, 1.54) is 0 Å². The first-order chi connectivity index (χ1) is 14.7. The van der Waals surface area contributed by atoms with Crippen molar-refractivity contribution in [2.24, 2.45) is 4.99 Å². The van der Waals surface area contributed by atoms with Gasteiger partial charge in [0.1, 0.15) is 5.82 Å². The number of piperazine rings is 1. The summed E-state index contributed by atoms with van der Waals surface area (Å²) < 4.78 is 1.97. The van der Waals surface area contributed by atoms with E-state index in [2.05, 4.69) is 55.7 Å². The SMILES string of the molecule is CCNC(=NCc1ccnc(N2CCN(C)CC2)c1)NCc1nnc2ccccn12. The van der Waals surface area contributed by atoms with Crippen molar-refractivity contribution in [3.63, 3.8) is 0 Å². The van der Waals surface area contributed by atoms with Crippen molar-refractivity contribution < 1.29 is 0 Å². The van der Waals surface area contributed by atoms with Gasteiger partial charge in [0, 0.05) is 45.1 Å². The predicted molar refractivity (Wildman–Crippen MR) is 119 cm³/mol. The smallest absolute Gasteiger partial charge is 0.191 e. The Morgan fingerprint density at radius 1 is 1.10 bits per heavy atom. The van der Waals surface area contributed by atoms with Crippen LogP contribution in [0.3, 0.4) is 0 Å². The molecule has 0 amide bonds. The molecule has 4 rings (SSSR count). The summed E-state index contributed by atoms with van der Waals surface area (Å²) >= 11 is 0. The minimum absolute atomic E-state index is 0.542. The van der Waals surface area contributed by atoms with E-state index in [0.717, 1.165) is 61.5 Å². The van der Waals surface area contributed by atoms with Crippen LogP contribution in [0, 0.1) is 0 Å². The first kappa shape index (κ1) is 20.1. The maximum atomic E-state index is 4.74. The fraction of sp³-hybridized carbons (Fsp3) is 0.429. The molecule has 0 radical (unpaired) electrons. The van der Waals surface area contributed by atoms with Gasteiger partial charge in [0.05, 0.1) is 13.1 Å². The third-order valence-corrected chi connectivity index (χ3v) is 5.20. The molecule has 0 aromatic carbocycles. The number of fused-ring (bicyclic) bond motifs is 1. The number of guanidine groups is 1. The summed E-state index contributed by atoms with van der Waals surface area (Å²) in [5, 5.41) is 15.1. The van der Waals surface area contributed by atoms with E-state index in [1.54, 1.807) is 0 Å². The Hall–Kier alpha value is -3.20. The second kappa shape index (κ2) is 9.53. The van der Waals surface area contributed by atoms with Crippen molar-refractivity contribution in [1.82, 2.24) is 35.1 Å². The number of nitrogens with one attached hydrogen (secondary N) is 2. The van der Waals surface area contributed by atoms with Crippen molar-refractivity contribution in [3.05, 3.63) is 54.1 Å². The zero-order valence-electron chi connectivity index (χ0n) is 17.6. The second-order valence-corrected chi connectivity index (χ2v) is 7.41. The fourth-order valence-electron chi connectivity index (χ4n) is 3.45. The molecular weight excluding hydrogens is 378 g/mol. The number of nitrogens with zero attached hydrogens (tertiary/aromatic N) is 7. The summed E-state index contributed by atoms with van der Waals surface area (Å²) in [6, 6.07) is 10.0. The van der Waals surface area contributed by atoms with E-state index in [4.69, 9.17) is 4.99 Å². The Morgan fingerprint density at radius 2 is 1.97 bits per heavy atom. The lowest BCUT2D eigenvalue weighted by Crippen LogP contribution is -2.44. The number of pyridine rings is 2. The van der Waals surface area contributed by atoms with Crippen LogP contribution in [-0.4, -0.2) is 70.2 Å². The van der Waals surface area contributed by atoms with Crippen LogP contribution < -0.4 is 15.5 Å². The van der Waals surface area contributed by atoms with Gasteiger partial charge in [-0.3, -0.25) is 4.40 Å². The Bertz CT molecular complexity index is 989. The van der Waals surface area contributed by atoms with E-state index in [-0.39, 0.29) is 0 Å². The topological polar surface area (TPSA) is 86.0 Å². The average Bonchev–Trinajstić information content (AvgIpc) is 3.19. The third kappa shape index (κ3) is 4.85. The van der Waals surface area contributed by atoms with Gasteiger partial charge in [-0.25, -0.2) is 9.98 Å². The van der Waals surface area contributed by atoms with Crippen LogP contribution in [0.1, 0.15) is 18.3 Å². The van der Waals surface area contributed by atoms with Crippen molar-refractivity contribution >= 4 is 17.4 Å². The highest BCUT2D eigenvalue weighted by molar-refractivity contribution is 5.79. The summed E-state index contributed by atoms with van der Waals surface area (Å²) in [6.07, 6.45) is 3.84. The molecule has 0 aliphatic carbocycles. The minimum atomic E-state index is 0.542. The molecule has 30 heavy (non-hydrogen) atoms. The van der Waals surface area contributed by atoms with Crippen molar-refractivity contribution in [2.45, 2.75) is 20.0 Å². The van der Waals surface area contributed by atoms with E-state index in [9.17, 15) is 0 Å². The van der Waals surface area contributed by atoms with Crippen molar-refractivity contribution in [2.75, 3.05) is 44.7 Å².